The highest BCUT2D eigenvalue weighted by Gasteiger charge is 2.31. The Morgan fingerprint density at radius 1 is 1.08 bits per heavy atom. The molecule has 2 atom stereocenters. The maximum absolute atomic E-state index is 12.1. The van der Waals surface area contributed by atoms with Crippen LogP contribution in [-0.2, 0) is 14.4 Å². The van der Waals surface area contributed by atoms with Gasteiger partial charge in [0.05, 0.1) is 0 Å². The lowest BCUT2D eigenvalue weighted by atomic mass is 9.79. The number of carbonyl (C=O) groups is 3. The third-order valence-corrected chi connectivity index (χ3v) is 4.12. The molecule has 2 N–H and O–H groups in total. The molecule has 1 aliphatic carbocycles. The van der Waals surface area contributed by atoms with Crippen LogP contribution >= 0.6 is 0 Å². The van der Waals surface area contributed by atoms with Crippen LogP contribution in [0.15, 0.2) is 24.3 Å². The summed E-state index contributed by atoms with van der Waals surface area (Å²) in [5, 5.41) is 11.1. The van der Waals surface area contributed by atoms with E-state index in [0.717, 1.165) is 18.4 Å². The third-order valence-electron chi connectivity index (χ3n) is 4.12. The van der Waals surface area contributed by atoms with Gasteiger partial charge in [-0.15, -0.1) is 0 Å². The molecular weight excluding hydrogens is 312 g/mol. The molecule has 0 spiro atoms. The predicted molar refractivity (Wildman–Crippen MR) is 83.4 cm³/mol. The van der Waals surface area contributed by atoms with Crippen LogP contribution < -0.4 is 20.7 Å². The zero-order valence-corrected chi connectivity index (χ0v) is 13.5. The summed E-state index contributed by atoms with van der Waals surface area (Å²) in [6.45, 7) is 1.69. The van der Waals surface area contributed by atoms with Crippen molar-refractivity contribution in [1.29, 1.82) is 0 Å². The minimum Gasteiger partial charge on any atom is -0.550 e. The number of aliphatic carboxylic acids is 1. The molecule has 0 bridgehead atoms. The van der Waals surface area contributed by atoms with Crippen LogP contribution in [0.3, 0.4) is 0 Å². The molecule has 0 aliphatic heterocycles. The molecule has 130 valence electrons. The van der Waals surface area contributed by atoms with Crippen molar-refractivity contribution in [3.63, 3.8) is 0 Å². The number of hydrazine groups is 1. The Kier molecular flexibility index (Phi) is 6.17. The number of amides is 2. The first-order valence-corrected chi connectivity index (χ1v) is 7.96. The Morgan fingerprint density at radius 2 is 1.71 bits per heavy atom. The standard InChI is InChI=1S/C17H22N2O5/c1-11-6-8-12(9-7-11)24-10-15(20)18-19-16(21)13-4-2-3-5-14(13)17(22)23/h6-9,13-14H,2-5,10H2,1H3,(H,18,20)(H,19,21)(H,22,23)/p-1/t13-,14-/m0/s1. The Hall–Kier alpha value is -2.57. The van der Waals surface area contributed by atoms with E-state index < -0.39 is 29.6 Å². The topological polar surface area (TPSA) is 108 Å². The van der Waals surface area contributed by atoms with Gasteiger partial charge in [0.15, 0.2) is 6.61 Å². The van der Waals surface area contributed by atoms with Gasteiger partial charge in [0.25, 0.3) is 5.91 Å². The Balaban J connectivity index is 1.77. The SMILES string of the molecule is Cc1ccc(OCC(=O)NNC(=O)[C@H]2CCCC[C@@H]2C(=O)[O-])cc1. The molecule has 0 radical (unpaired) electrons. The largest absolute Gasteiger partial charge is 0.550 e. The van der Waals surface area contributed by atoms with Crippen LogP contribution in [0.2, 0.25) is 0 Å². The van der Waals surface area contributed by atoms with Gasteiger partial charge in [0, 0.05) is 17.8 Å². The molecule has 1 fully saturated rings. The van der Waals surface area contributed by atoms with E-state index in [4.69, 9.17) is 4.74 Å². The average Bonchev–Trinajstić information content (AvgIpc) is 2.59. The summed E-state index contributed by atoms with van der Waals surface area (Å²) in [4.78, 5) is 34.9. The van der Waals surface area contributed by atoms with Crippen molar-refractivity contribution >= 4 is 17.8 Å². The monoisotopic (exact) mass is 333 g/mol. The maximum atomic E-state index is 12.1. The first kappa shape index (κ1) is 17.8. The van der Waals surface area contributed by atoms with E-state index in [0.29, 0.717) is 18.6 Å². The van der Waals surface area contributed by atoms with E-state index in [-0.39, 0.29) is 6.61 Å². The molecule has 0 saturated heterocycles. The number of carboxylic acid groups (broad SMARTS) is 1. The number of hydrogen-bond donors (Lipinski definition) is 2. The van der Waals surface area contributed by atoms with Crippen LogP contribution in [0.5, 0.6) is 5.75 Å². The lowest BCUT2D eigenvalue weighted by Gasteiger charge is -2.31. The third kappa shape index (κ3) is 4.97. The van der Waals surface area contributed by atoms with E-state index in [1.807, 2.05) is 19.1 Å². The van der Waals surface area contributed by atoms with Crippen molar-refractivity contribution in [1.82, 2.24) is 10.9 Å². The van der Waals surface area contributed by atoms with Crippen LogP contribution in [0, 0.1) is 18.8 Å². The summed E-state index contributed by atoms with van der Waals surface area (Å²) in [6.07, 6.45) is 2.44. The molecule has 7 nitrogen and oxygen atoms in total. The molecule has 1 aromatic rings. The van der Waals surface area contributed by atoms with E-state index in [2.05, 4.69) is 10.9 Å². The molecule has 1 aliphatic rings. The van der Waals surface area contributed by atoms with Crippen LogP contribution in [0.1, 0.15) is 31.2 Å². The summed E-state index contributed by atoms with van der Waals surface area (Å²) in [6, 6.07) is 7.21. The van der Waals surface area contributed by atoms with Crippen LogP contribution in [0.25, 0.3) is 0 Å². The van der Waals surface area contributed by atoms with Crippen molar-refractivity contribution in [2.75, 3.05) is 6.61 Å². The lowest BCUT2D eigenvalue weighted by Crippen LogP contribution is -2.50. The van der Waals surface area contributed by atoms with Gasteiger partial charge in [0.1, 0.15) is 5.75 Å². The van der Waals surface area contributed by atoms with E-state index in [9.17, 15) is 19.5 Å². The molecule has 0 heterocycles. The minimum atomic E-state index is -1.22. The summed E-state index contributed by atoms with van der Waals surface area (Å²) in [5.41, 5.74) is 5.59. The highest BCUT2D eigenvalue weighted by Crippen LogP contribution is 2.29. The number of carbonyl (C=O) groups excluding carboxylic acids is 3. The molecular formula is C17H21N2O5-. The maximum Gasteiger partial charge on any atom is 0.276 e. The first-order chi connectivity index (χ1) is 11.5. The molecule has 2 rings (SSSR count). The predicted octanol–water partition coefficient (Wildman–Crippen LogP) is 0.0775. The zero-order valence-electron chi connectivity index (χ0n) is 13.5. The highest BCUT2D eigenvalue weighted by atomic mass is 16.5. The van der Waals surface area contributed by atoms with Crippen molar-refractivity contribution in [2.24, 2.45) is 11.8 Å². The number of hydrogen-bond acceptors (Lipinski definition) is 5. The second-order valence-electron chi connectivity index (χ2n) is 5.96. The van der Waals surface area contributed by atoms with Crippen molar-refractivity contribution in [2.45, 2.75) is 32.6 Å². The second-order valence-corrected chi connectivity index (χ2v) is 5.96. The minimum absolute atomic E-state index is 0.252. The van der Waals surface area contributed by atoms with Gasteiger partial charge in [-0.3, -0.25) is 20.4 Å². The Labute approximate surface area is 140 Å². The number of nitrogens with one attached hydrogen (secondary N) is 2. The Morgan fingerprint density at radius 3 is 2.33 bits per heavy atom. The highest BCUT2D eigenvalue weighted by molar-refractivity contribution is 5.87. The molecule has 1 aromatic carbocycles. The Bertz CT molecular complexity index is 600. The fraction of sp³-hybridized carbons (Fsp3) is 0.471. The van der Waals surface area contributed by atoms with Crippen molar-refractivity contribution in [3.05, 3.63) is 29.8 Å². The number of ether oxygens (including phenoxy) is 1. The molecule has 0 unspecified atom stereocenters. The number of rotatable bonds is 5. The number of carboxylic acids is 1. The van der Waals surface area contributed by atoms with Crippen LogP contribution in [0.4, 0.5) is 0 Å². The molecule has 24 heavy (non-hydrogen) atoms. The van der Waals surface area contributed by atoms with E-state index >= 15 is 0 Å². The van der Waals surface area contributed by atoms with Crippen molar-refractivity contribution < 1.29 is 24.2 Å². The van der Waals surface area contributed by atoms with Crippen LogP contribution in [-0.4, -0.2) is 24.4 Å². The molecule has 1 saturated carbocycles. The van der Waals surface area contributed by atoms with Gasteiger partial charge in [-0.25, -0.2) is 0 Å². The number of benzene rings is 1. The average molecular weight is 333 g/mol. The molecule has 0 aromatic heterocycles. The molecule has 7 heteroatoms. The molecule has 2 amide bonds. The second kappa shape index (κ2) is 8.33. The van der Waals surface area contributed by atoms with Crippen molar-refractivity contribution in [3.8, 4) is 5.75 Å². The first-order valence-electron chi connectivity index (χ1n) is 7.96. The summed E-state index contributed by atoms with van der Waals surface area (Å²) in [5.74, 6) is -3.19. The van der Waals surface area contributed by atoms with Gasteiger partial charge in [-0.05, 0) is 31.9 Å². The smallest absolute Gasteiger partial charge is 0.276 e. The van der Waals surface area contributed by atoms with Gasteiger partial charge < -0.3 is 14.6 Å². The summed E-state index contributed by atoms with van der Waals surface area (Å²) in [7, 11) is 0. The van der Waals surface area contributed by atoms with E-state index in [1.54, 1.807) is 12.1 Å². The fourth-order valence-corrected chi connectivity index (χ4v) is 2.77. The summed E-state index contributed by atoms with van der Waals surface area (Å²) >= 11 is 0. The van der Waals surface area contributed by atoms with Gasteiger partial charge in [-0.2, -0.15) is 0 Å². The van der Waals surface area contributed by atoms with Gasteiger partial charge in [-0.1, -0.05) is 30.5 Å². The summed E-state index contributed by atoms with van der Waals surface area (Å²) < 4.78 is 5.29. The fourth-order valence-electron chi connectivity index (χ4n) is 2.77. The zero-order chi connectivity index (χ0) is 17.5. The van der Waals surface area contributed by atoms with Gasteiger partial charge in [0.2, 0.25) is 5.91 Å². The van der Waals surface area contributed by atoms with E-state index in [1.165, 1.54) is 0 Å². The number of aryl methyl sites for hydroxylation is 1. The quantitative estimate of drug-likeness (QED) is 0.742. The normalized spacial score (nSPS) is 20.0. The lowest BCUT2D eigenvalue weighted by molar-refractivity contribution is -0.314. The van der Waals surface area contributed by atoms with Gasteiger partial charge >= 0.3 is 0 Å².